The zero-order valence-corrected chi connectivity index (χ0v) is 7.08. The average molecular weight is 159 g/mol. The van der Waals surface area contributed by atoms with Crippen molar-refractivity contribution in [1.29, 1.82) is 0 Å². The van der Waals surface area contributed by atoms with Crippen LogP contribution in [0.2, 0.25) is 0 Å². The summed E-state index contributed by atoms with van der Waals surface area (Å²) in [6, 6.07) is 0. The number of carbonyl (C=O) groups excluding carboxylic acids is 1. The van der Waals surface area contributed by atoms with Crippen LogP contribution < -0.4 is 0 Å². The molecule has 0 saturated carbocycles. The van der Waals surface area contributed by atoms with Gasteiger partial charge in [-0.15, -0.1) is 0 Å². The first-order valence-corrected chi connectivity index (χ1v) is 3.84. The Kier molecular flexibility index (Phi) is 2.15. The van der Waals surface area contributed by atoms with Crippen LogP contribution in [-0.4, -0.2) is 53.9 Å². The first-order valence-electron chi connectivity index (χ1n) is 3.84. The second-order valence-electron chi connectivity index (χ2n) is 3.29. The van der Waals surface area contributed by atoms with Gasteiger partial charge in [-0.25, -0.2) is 5.21 Å². The lowest BCUT2D eigenvalue weighted by atomic mass is 10.3. The molecule has 0 unspecified atom stereocenters. The van der Waals surface area contributed by atoms with Gasteiger partial charge in [0.15, 0.2) is 0 Å². The lowest BCUT2D eigenvalue weighted by Gasteiger charge is -2.35. The van der Waals surface area contributed by atoms with Crippen molar-refractivity contribution in [2.24, 2.45) is 0 Å². The van der Waals surface area contributed by atoms with Crippen LogP contribution in [0.5, 0.6) is 0 Å². The summed E-state index contributed by atoms with van der Waals surface area (Å²) in [5.41, 5.74) is 0. The quantitative estimate of drug-likeness (QED) is 0.492. The zero-order chi connectivity index (χ0) is 8.48. The molecule has 64 valence electrons. The van der Waals surface area contributed by atoms with E-state index in [1.54, 1.807) is 18.9 Å². The zero-order valence-electron chi connectivity index (χ0n) is 7.08. The Hall–Kier alpha value is -0.610. The smallest absolute Gasteiger partial charge is 0.219 e. The van der Waals surface area contributed by atoms with E-state index in [9.17, 15) is 10.0 Å². The highest BCUT2D eigenvalue weighted by atomic mass is 16.5. The van der Waals surface area contributed by atoms with Gasteiger partial charge < -0.3 is 4.90 Å². The molecule has 4 heteroatoms. The number of hydrogen-bond acceptors (Lipinski definition) is 2. The van der Waals surface area contributed by atoms with Gasteiger partial charge in [0.05, 0.1) is 20.1 Å². The van der Waals surface area contributed by atoms with Gasteiger partial charge in [-0.05, 0) is 0 Å². The van der Waals surface area contributed by atoms with E-state index in [4.69, 9.17) is 0 Å². The van der Waals surface area contributed by atoms with E-state index < -0.39 is 0 Å². The van der Waals surface area contributed by atoms with Crippen molar-refractivity contribution in [3.05, 3.63) is 0 Å². The largest absolute Gasteiger partial charge is 0.331 e. The maximum absolute atomic E-state index is 10.8. The SMILES string of the molecule is CC(=O)N1CC[N+](C)(O)CC1. The number of rotatable bonds is 0. The van der Waals surface area contributed by atoms with Crippen LogP contribution >= 0.6 is 0 Å². The van der Waals surface area contributed by atoms with Gasteiger partial charge in [-0.2, -0.15) is 4.65 Å². The molecule has 1 aliphatic heterocycles. The summed E-state index contributed by atoms with van der Waals surface area (Å²) >= 11 is 0. The van der Waals surface area contributed by atoms with Crippen molar-refractivity contribution in [3.8, 4) is 0 Å². The molecular weight excluding hydrogens is 144 g/mol. The number of likely N-dealkylation sites (N-methyl/N-ethyl adjacent to an activating group) is 1. The number of piperazine rings is 1. The predicted octanol–water partition coefficient (Wildman–Crippen LogP) is -0.316. The summed E-state index contributed by atoms with van der Waals surface area (Å²) in [4.78, 5) is 12.6. The van der Waals surface area contributed by atoms with Crippen molar-refractivity contribution >= 4 is 5.91 Å². The summed E-state index contributed by atoms with van der Waals surface area (Å²) in [6.07, 6.45) is 0. The van der Waals surface area contributed by atoms with Gasteiger partial charge in [0.1, 0.15) is 13.1 Å². The summed E-state index contributed by atoms with van der Waals surface area (Å²) in [7, 11) is 1.76. The predicted molar refractivity (Wildman–Crippen MR) is 40.0 cm³/mol. The van der Waals surface area contributed by atoms with Gasteiger partial charge in [-0.1, -0.05) is 0 Å². The standard InChI is InChI=1S/C7H15N2O2/c1-7(10)8-3-5-9(2,11)6-4-8/h11H,3-6H2,1-2H3/q+1. The van der Waals surface area contributed by atoms with Crippen LogP contribution in [0.25, 0.3) is 0 Å². The fraction of sp³-hybridized carbons (Fsp3) is 0.857. The molecule has 1 rings (SSSR count). The van der Waals surface area contributed by atoms with Crippen molar-refractivity contribution < 1.29 is 14.6 Å². The van der Waals surface area contributed by atoms with Gasteiger partial charge in [0, 0.05) is 6.92 Å². The van der Waals surface area contributed by atoms with Crippen LogP contribution in [0.15, 0.2) is 0 Å². The van der Waals surface area contributed by atoms with Crippen LogP contribution in [0.1, 0.15) is 6.92 Å². The molecule has 0 aliphatic carbocycles. The third-order valence-corrected chi connectivity index (χ3v) is 2.15. The molecule has 1 fully saturated rings. The van der Waals surface area contributed by atoms with E-state index in [0.717, 1.165) is 0 Å². The normalized spacial score (nSPS) is 23.4. The number of hydrogen-bond donors (Lipinski definition) is 1. The van der Waals surface area contributed by atoms with E-state index in [2.05, 4.69) is 0 Å². The lowest BCUT2D eigenvalue weighted by Crippen LogP contribution is -2.56. The second-order valence-corrected chi connectivity index (χ2v) is 3.29. The maximum atomic E-state index is 10.8. The molecule has 0 aromatic heterocycles. The lowest BCUT2D eigenvalue weighted by molar-refractivity contribution is -1.09. The minimum atomic E-state index is 0.0454. The van der Waals surface area contributed by atoms with E-state index in [-0.39, 0.29) is 10.6 Å². The molecule has 4 nitrogen and oxygen atoms in total. The molecule has 11 heavy (non-hydrogen) atoms. The molecule has 1 N–H and O–H groups in total. The number of hydroxylamine groups is 3. The molecule has 0 atom stereocenters. The molecule has 0 radical (unpaired) electrons. The number of carbonyl (C=O) groups is 1. The minimum Gasteiger partial charge on any atom is -0.331 e. The van der Waals surface area contributed by atoms with Gasteiger partial charge >= 0.3 is 0 Å². The maximum Gasteiger partial charge on any atom is 0.219 e. The highest BCUT2D eigenvalue weighted by Crippen LogP contribution is 2.05. The topological polar surface area (TPSA) is 40.5 Å². The van der Waals surface area contributed by atoms with Gasteiger partial charge in [0.25, 0.3) is 0 Å². The summed E-state index contributed by atoms with van der Waals surface area (Å²) in [5.74, 6) is 0.102. The molecule has 0 aromatic rings. The van der Waals surface area contributed by atoms with E-state index in [0.29, 0.717) is 26.2 Å². The first kappa shape index (κ1) is 8.49. The Morgan fingerprint density at radius 2 is 1.91 bits per heavy atom. The number of amides is 1. The highest BCUT2D eigenvalue weighted by molar-refractivity contribution is 5.73. The Morgan fingerprint density at radius 3 is 2.27 bits per heavy atom. The van der Waals surface area contributed by atoms with Crippen LogP contribution in [0.3, 0.4) is 0 Å². The van der Waals surface area contributed by atoms with Gasteiger partial charge in [-0.3, -0.25) is 4.79 Å². The van der Waals surface area contributed by atoms with Crippen LogP contribution in [0.4, 0.5) is 0 Å². The Balaban J connectivity index is 2.42. The number of quaternary nitrogens is 1. The molecule has 1 amide bonds. The second kappa shape index (κ2) is 2.79. The van der Waals surface area contributed by atoms with E-state index >= 15 is 0 Å². The molecule has 0 bridgehead atoms. The highest BCUT2D eigenvalue weighted by Gasteiger charge is 2.27. The van der Waals surface area contributed by atoms with Crippen molar-refractivity contribution in [2.75, 3.05) is 33.2 Å². The molecule has 1 aliphatic rings. The van der Waals surface area contributed by atoms with E-state index in [1.165, 1.54) is 0 Å². The Bertz CT molecular complexity index is 158. The van der Waals surface area contributed by atoms with Crippen molar-refractivity contribution in [2.45, 2.75) is 6.92 Å². The average Bonchev–Trinajstić information content (AvgIpc) is 1.86. The monoisotopic (exact) mass is 159 g/mol. The number of nitrogens with zero attached hydrogens (tertiary/aromatic N) is 2. The Labute approximate surface area is 66.6 Å². The minimum absolute atomic E-state index is 0.0454. The summed E-state index contributed by atoms with van der Waals surface area (Å²) in [5, 5.41) is 9.47. The molecular formula is C7H15N2O2+. The third kappa shape index (κ3) is 2.17. The van der Waals surface area contributed by atoms with Crippen molar-refractivity contribution in [1.82, 2.24) is 4.90 Å². The van der Waals surface area contributed by atoms with Crippen LogP contribution in [0, 0.1) is 0 Å². The van der Waals surface area contributed by atoms with Gasteiger partial charge in [0.2, 0.25) is 5.91 Å². The fourth-order valence-corrected chi connectivity index (χ4v) is 1.21. The van der Waals surface area contributed by atoms with Crippen LogP contribution in [-0.2, 0) is 4.79 Å². The van der Waals surface area contributed by atoms with E-state index in [1.807, 2.05) is 0 Å². The molecule has 1 saturated heterocycles. The Morgan fingerprint density at radius 1 is 1.45 bits per heavy atom. The summed E-state index contributed by atoms with van der Waals surface area (Å²) in [6.45, 7) is 4.18. The fourth-order valence-electron chi connectivity index (χ4n) is 1.21. The summed E-state index contributed by atoms with van der Waals surface area (Å²) < 4.78 is 0.0454. The molecule has 1 heterocycles. The van der Waals surface area contributed by atoms with Crippen molar-refractivity contribution in [3.63, 3.8) is 0 Å². The third-order valence-electron chi connectivity index (χ3n) is 2.15. The molecule has 0 aromatic carbocycles. The first-order chi connectivity index (χ1) is 5.01. The molecule has 0 spiro atoms.